The summed E-state index contributed by atoms with van der Waals surface area (Å²) in [4.78, 5) is 11.7. The maximum Gasteiger partial charge on any atom is 0.339 e. The van der Waals surface area contributed by atoms with Gasteiger partial charge < -0.3 is 9.47 Å². The third-order valence-electron chi connectivity index (χ3n) is 2.85. The van der Waals surface area contributed by atoms with Crippen molar-refractivity contribution in [2.75, 3.05) is 6.61 Å². The topological polar surface area (TPSA) is 35.5 Å². The van der Waals surface area contributed by atoms with Gasteiger partial charge in [0.1, 0.15) is 18.2 Å². The Morgan fingerprint density at radius 2 is 1.96 bits per heavy atom. The van der Waals surface area contributed by atoms with Gasteiger partial charge in [-0.2, -0.15) is 0 Å². The summed E-state index contributed by atoms with van der Waals surface area (Å²) in [6.07, 6.45) is 5.02. The van der Waals surface area contributed by atoms with Crippen LogP contribution in [0.5, 0.6) is 5.75 Å². The fourth-order valence-electron chi connectivity index (χ4n) is 1.73. The van der Waals surface area contributed by atoms with Crippen LogP contribution in [0.15, 0.2) is 36.4 Å². The zero-order valence-corrected chi connectivity index (χ0v) is 13.3. The minimum Gasteiger partial charge on any atom is -0.487 e. The molecule has 6 heteroatoms. The van der Waals surface area contributed by atoms with E-state index in [1.165, 1.54) is 36.4 Å². The van der Waals surface area contributed by atoms with E-state index in [0.717, 1.165) is 0 Å². The second-order valence-corrected chi connectivity index (χ2v) is 5.26. The second kappa shape index (κ2) is 7.87. The summed E-state index contributed by atoms with van der Waals surface area (Å²) < 4.78 is 23.3. The van der Waals surface area contributed by atoms with Crippen molar-refractivity contribution >= 4 is 29.2 Å². The molecule has 0 aliphatic rings. The van der Waals surface area contributed by atoms with Gasteiger partial charge in [0.25, 0.3) is 0 Å². The van der Waals surface area contributed by atoms with Crippen LogP contribution in [0.4, 0.5) is 4.39 Å². The first-order valence-electron chi connectivity index (χ1n) is 6.48. The highest BCUT2D eigenvalue weighted by atomic mass is 35.5. The average Bonchev–Trinajstić information content (AvgIpc) is 2.52. The van der Waals surface area contributed by atoms with Crippen molar-refractivity contribution in [2.45, 2.75) is 6.61 Å². The minimum absolute atomic E-state index is 0.111. The quantitative estimate of drug-likeness (QED) is 0.586. The molecule has 0 bridgehead atoms. The van der Waals surface area contributed by atoms with Crippen LogP contribution in [-0.4, -0.2) is 12.6 Å². The normalized spacial score (nSPS) is 10.0. The van der Waals surface area contributed by atoms with E-state index >= 15 is 0 Å². The maximum atomic E-state index is 13.0. The zero-order valence-electron chi connectivity index (χ0n) is 11.8. The lowest BCUT2D eigenvalue weighted by molar-refractivity contribution is 0.0556. The van der Waals surface area contributed by atoms with Crippen LogP contribution in [-0.2, 0) is 11.3 Å². The molecule has 2 aromatic carbocycles. The van der Waals surface area contributed by atoms with E-state index in [2.05, 4.69) is 5.92 Å². The summed E-state index contributed by atoms with van der Waals surface area (Å²) in [5, 5.41) is 0.494. The van der Waals surface area contributed by atoms with Crippen LogP contribution in [0.3, 0.4) is 0 Å². The number of terminal acetylenes is 1. The lowest BCUT2D eigenvalue weighted by Gasteiger charge is -2.10. The van der Waals surface area contributed by atoms with E-state index < -0.39 is 11.8 Å². The van der Waals surface area contributed by atoms with Gasteiger partial charge in [0.2, 0.25) is 0 Å². The number of carbonyl (C=O) groups excluding carboxylic acids is 1. The summed E-state index contributed by atoms with van der Waals surface area (Å²) in [7, 11) is 0. The molecule has 0 heterocycles. The van der Waals surface area contributed by atoms with Gasteiger partial charge in [0, 0.05) is 5.56 Å². The predicted octanol–water partition coefficient (Wildman–Crippen LogP) is 4.50. The van der Waals surface area contributed by atoms with Crippen LogP contribution in [0.2, 0.25) is 10.0 Å². The molecule has 0 N–H and O–H groups in total. The van der Waals surface area contributed by atoms with Crippen LogP contribution in [0.1, 0.15) is 15.9 Å². The van der Waals surface area contributed by atoms with Crippen molar-refractivity contribution in [3.05, 3.63) is 63.4 Å². The number of carbonyl (C=O) groups is 1. The van der Waals surface area contributed by atoms with E-state index in [-0.39, 0.29) is 28.8 Å². The standard InChI is InChI=1S/C17H11Cl2FO3/c1-2-7-22-17(21)11-4-6-16(15(19)8-11)23-10-12-3-5-13(20)9-14(12)18/h1,3-6,8-9H,7,10H2. The molecule has 2 aromatic rings. The Bertz CT molecular complexity index is 769. The average molecular weight is 353 g/mol. The number of esters is 1. The summed E-state index contributed by atoms with van der Waals surface area (Å²) in [5.41, 5.74) is 0.874. The highest BCUT2D eigenvalue weighted by molar-refractivity contribution is 6.32. The highest BCUT2D eigenvalue weighted by Gasteiger charge is 2.11. The highest BCUT2D eigenvalue weighted by Crippen LogP contribution is 2.27. The minimum atomic E-state index is -0.571. The molecule has 0 aliphatic heterocycles. The third-order valence-corrected chi connectivity index (χ3v) is 3.50. The lowest BCUT2D eigenvalue weighted by atomic mass is 10.2. The monoisotopic (exact) mass is 352 g/mol. The molecule has 23 heavy (non-hydrogen) atoms. The first-order chi connectivity index (χ1) is 11.0. The number of rotatable bonds is 5. The molecular weight excluding hydrogens is 342 g/mol. The molecule has 0 aliphatic carbocycles. The molecule has 0 saturated carbocycles. The Morgan fingerprint density at radius 1 is 1.17 bits per heavy atom. The Hall–Kier alpha value is -2.22. The molecule has 0 unspecified atom stereocenters. The molecule has 0 atom stereocenters. The van der Waals surface area contributed by atoms with Gasteiger partial charge >= 0.3 is 5.97 Å². The number of halogens is 3. The van der Waals surface area contributed by atoms with Gasteiger partial charge in [-0.3, -0.25) is 0 Å². The second-order valence-electron chi connectivity index (χ2n) is 4.45. The third kappa shape index (κ3) is 4.62. The largest absolute Gasteiger partial charge is 0.487 e. The van der Waals surface area contributed by atoms with Crippen LogP contribution in [0, 0.1) is 18.2 Å². The molecule has 0 radical (unpaired) electrons. The SMILES string of the molecule is C#CCOC(=O)c1ccc(OCc2ccc(F)cc2Cl)c(Cl)c1. The Balaban J connectivity index is 2.06. The first-order valence-corrected chi connectivity index (χ1v) is 7.23. The van der Waals surface area contributed by atoms with Gasteiger partial charge in [-0.15, -0.1) is 6.42 Å². The maximum absolute atomic E-state index is 13.0. The van der Waals surface area contributed by atoms with Crippen molar-refractivity contribution in [3.63, 3.8) is 0 Å². The van der Waals surface area contributed by atoms with Gasteiger partial charge in [0.05, 0.1) is 15.6 Å². The number of hydrogen-bond acceptors (Lipinski definition) is 3. The molecule has 0 amide bonds. The number of ether oxygens (including phenoxy) is 2. The first kappa shape index (κ1) is 17.1. The molecule has 118 valence electrons. The van der Waals surface area contributed by atoms with Crippen molar-refractivity contribution in [1.29, 1.82) is 0 Å². The number of hydrogen-bond donors (Lipinski definition) is 0. The Labute approximate surface area is 142 Å². The molecule has 3 nitrogen and oxygen atoms in total. The molecule has 0 saturated heterocycles. The molecule has 0 spiro atoms. The van der Waals surface area contributed by atoms with E-state index in [1.807, 2.05) is 0 Å². The fourth-order valence-corrected chi connectivity index (χ4v) is 2.19. The van der Waals surface area contributed by atoms with Gasteiger partial charge in [0.15, 0.2) is 6.61 Å². The van der Waals surface area contributed by atoms with Crippen LogP contribution in [0.25, 0.3) is 0 Å². The predicted molar refractivity (Wildman–Crippen MR) is 86.3 cm³/mol. The van der Waals surface area contributed by atoms with Crippen molar-refractivity contribution in [2.24, 2.45) is 0 Å². The lowest BCUT2D eigenvalue weighted by Crippen LogP contribution is -2.05. The Kier molecular flexibility index (Phi) is 5.86. The van der Waals surface area contributed by atoms with E-state index in [9.17, 15) is 9.18 Å². The fraction of sp³-hybridized carbons (Fsp3) is 0.118. The van der Waals surface area contributed by atoms with Crippen molar-refractivity contribution in [3.8, 4) is 18.1 Å². The summed E-state index contributed by atoms with van der Waals surface area (Å²) in [6, 6.07) is 8.47. The number of benzene rings is 2. The van der Waals surface area contributed by atoms with Crippen molar-refractivity contribution in [1.82, 2.24) is 0 Å². The van der Waals surface area contributed by atoms with Crippen LogP contribution >= 0.6 is 23.2 Å². The van der Waals surface area contributed by atoms with Crippen LogP contribution < -0.4 is 4.74 Å². The molecule has 2 rings (SSSR count). The zero-order chi connectivity index (χ0) is 16.8. The van der Waals surface area contributed by atoms with E-state index in [1.54, 1.807) is 0 Å². The summed E-state index contributed by atoms with van der Waals surface area (Å²) in [5.74, 6) is 1.57. The molecular formula is C17H11Cl2FO3. The van der Waals surface area contributed by atoms with Gasteiger partial charge in [-0.25, -0.2) is 9.18 Å². The Morgan fingerprint density at radius 3 is 2.61 bits per heavy atom. The van der Waals surface area contributed by atoms with Gasteiger partial charge in [-0.05, 0) is 30.3 Å². The smallest absolute Gasteiger partial charge is 0.339 e. The summed E-state index contributed by atoms with van der Waals surface area (Å²) in [6.45, 7) is -0.00249. The van der Waals surface area contributed by atoms with E-state index in [0.29, 0.717) is 11.3 Å². The summed E-state index contributed by atoms with van der Waals surface area (Å²) >= 11 is 12.0. The van der Waals surface area contributed by atoms with E-state index in [4.69, 9.17) is 39.1 Å². The molecule has 0 fully saturated rings. The van der Waals surface area contributed by atoms with Crippen molar-refractivity contribution < 1.29 is 18.7 Å². The molecule has 0 aromatic heterocycles. The van der Waals surface area contributed by atoms with Gasteiger partial charge in [-0.1, -0.05) is 35.2 Å².